The highest BCUT2D eigenvalue weighted by molar-refractivity contribution is 9.10. The van der Waals surface area contributed by atoms with Gasteiger partial charge >= 0.3 is 5.97 Å². The number of halogens is 1. The molecule has 2 rings (SSSR count). The van der Waals surface area contributed by atoms with Crippen molar-refractivity contribution >= 4 is 27.8 Å². The number of hydrogen-bond donors (Lipinski definition) is 2. The number of aryl methyl sites for hydroxylation is 1. The molecule has 1 atom stereocenters. The fourth-order valence-corrected chi connectivity index (χ4v) is 2.49. The summed E-state index contributed by atoms with van der Waals surface area (Å²) < 4.78 is 3.77. The Morgan fingerprint density at radius 1 is 1.45 bits per heavy atom. The summed E-state index contributed by atoms with van der Waals surface area (Å²) in [5, 5.41) is 19.9. The Bertz CT molecular complexity index is 694. The lowest BCUT2D eigenvalue weighted by atomic mass is 10.3. The number of nitrogens with one attached hydrogen (secondary N) is 1. The lowest BCUT2D eigenvalue weighted by Crippen LogP contribution is -2.33. The van der Waals surface area contributed by atoms with Crippen molar-refractivity contribution in [3.05, 3.63) is 34.3 Å². The lowest BCUT2D eigenvalue weighted by Gasteiger charge is -2.15. The minimum atomic E-state index is -1.12. The van der Waals surface area contributed by atoms with Crippen LogP contribution in [-0.4, -0.2) is 36.5 Å². The zero-order chi connectivity index (χ0) is 16.3. The molecule has 0 saturated heterocycles. The van der Waals surface area contributed by atoms with Crippen LogP contribution >= 0.6 is 15.9 Å². The van der Waals surface area contributed by atoms with Crippen molar-refractivity contribution in [1.29, 1.82) is 0 Å². The van der Waals surface area contributed by atoms with Crippen LogP contribution in [0.3, 0.4) is 0 Å². The molecule has 2 aromatic rings. The maximum atomic E-state index is 12.2. The van der Waals surface area contributed by atoms with Crippen LogP contribution in [0.4, 0.5) is 0 Å². The number of aromatic carboxylic acids is 1. The molecule has 1 unspecified atom stereocenters. The van der Waals surface area contributed by atoms with Crippen molar-refractivity contribution in [1.82, 2.24) is 24.9 Å². The Balaban J connectivity index is 2.07. The van der Waals surface area contributed by atoms with Gasteiger partial charge in [-0.3, -0.25) is 9.48 Å². The van der Waals surface area contributed by atoms with Crippen LogP contribution in [0.1, 0.15) is 36.1 Å². The molecule has 0 saturated carbocycles. The smallest absolute Gasteiger partial charge is 0.354 e. The number of carbonyl (C=O) groups is 2. The standard InChI is InChI=1S/C13H16BrN5O3/c1-3-18-11(9(14)6-17-18)7-15-12(20)8(2)19-10(13(21)22)4-5-16-19/h4-6,8H,3,7H2,1-2H3,(H,15,20)(H,21,22). The van der Waals surface area contributed by atoms with Crippen LogP contribution in [0.25, 0.3) is 0 Å². The van der Waals surface area contributed by atoms with Crippen molar-refractivity contribution in [2.45, 2.75) is 33.0 Å². The van der Waals surface area contributed by atoms with Gasteiger partial charge in [0.15, 0.2) is 0 Å². The monoisotopic (exact) mass is 369 g/mol. The van der Waals surface area contributed by atoms with Crippen LogP contribution in [-0.2, 0) is 17.9 Å². The van der Waals surface area contributed by atoms with Crippen molar-refractivity contribution in [3.8, 4) is 0 Å². The summed E-state index contributed by atoms with van der Waals surface area (Å²) in [6.07, 6.45) is 3.03. The van der Waals surface area contributed by atoms with Crippen molar-refractivity contribution in [2.75, 3.05) is 0 Å². The van der Waals surface area contributed by atoms with Gasteiger partial charge in [0.1, 0.15) is 11.7 Å². The van der Waals surface area contributed by atoms with E-state index in [0.29, 0.717) is 13.1 Å². The largest absolute Gasteiger partial charge is 0.477 e. The highest BCUT2D eigenvalue weighted by Crippen LogP contribution is 2.16. The Morgan fingerprint density at radius 2 is 2.18 bits per heavy atom. The third-order valence-electron chi connectivity index (χ3n) is 3.26. The first-order valence-corrected chi connectivity index (χ1v) is 7.49. The summed E-state index contributed by atoms with van der Waals surface area (Å²) >= 11 is 3.38. The van der Waals surface area contributed by atoms with Crippen LogP contribution < -0.4 is 5.32 Å². The van der Waals surface area contributed by atoms with Gasteiger partial charge in [-0.1, -0.05) is 0 Å². The summed E-state index contributed by atoms with van der Waals surface area (Å²) in [6, 6.07) is 0.632. The van der Waals surface area contributed by atoms with Crippen molar-refractivity contribution in [2.24, 2.45) is 0 Å². The molecule has 22 heavy (non-hydrogen) atoms. The van der Waals surface area contributed by atoms with Gasteiger partial charge < -0.3 is 10.4 Å². The van der Waals surface area contributed by atoms with Crippen molar-refractivity contribution in [3.63, 3.8) is 0 Å². The first-order valence-electron chi connectivity index (χ1n) is 6.70. The molecule has 0 fully saturated rings. The highest BCUT2D eigenvalue weighted by atomic mass is 79.9. The number of carbonyl (C=O) groups excluding carboxylic acids is 1. The second-order valence-corrected chi connectivity index (χ2v) is 5.47. The molecule has 2 N–H and O–H groups in total. The topological polar surface area (TPSA) is 102 Å². The minimum Gasteiger partial charge on any atom is -0.477 e. The molecule has 0 radical (unpaired) electrons. The molecule has 0 aromatic carbocycles. The number of aromatic nitrogens is 4. The van der Waals surface area contributed by atoms with Gasteiger partial charge in [-0.25, -0.2) is 9.48 Å². The van der Waals surface area contributed by atoms with E-state index in [-0.39, 0.29) is 11.6 Å². The molecule has 118 valence electrons. The number of carboxylic acids is 1. The number of carboxylic acid groups (broad SMARTS) is 1. The second kappa shape index (κ2) is 6.73. The molecular formula is C13H16BrN5O3. The van der Waals surface area contributed by atoms with Gasteiger partial charge in [0.25, 0.3) is 0 Å². The van der Waals surface area contributed by atoms with Crippen molar-refractivity contribution < 1.29 is 14.7 Å². The van der Waals surface area contributed by atoms with Gasteiger partial charge in [-0.05, 0) is 35.8 Å². The quantitative estimate of drug-likeness (QED) is 0.801. The molecule has 8 nitrogen and oxygen atoms in total. The number of rotatable bonds is 6. The lowest BCUT2D eigenvalue weighted by molar-refractivity contribution is -0.124. The third kappa shape index (κ3) is 3.19. The normalized spacial score (nSPS) is 12.1. The molecule has 2 aromatic heterocycles. The molecule has 9 heteroatoms. The SMILES string of the molecule is CCn1ncc(Br)c1CNC(=O)C(C)n1nccc1C(=O)O. The molecule has 0 aliphatic heterocycles. The van der Waals surface area contributed by atoms with E-state index < -0.39 is 12.0 Å². The highest BCUT2D eigenvalue weighted by Gasteiger charge is 2.21. The number of hydrogen-bond acceptors (Lipinski definition) is 4. The molecule has 1 amide bonds. The van der Waals surface area contributed by atoms with E-state index in [0.717, 1.165) is 10.2 Å². The van der Waals surface area contributed by atoms with Crippen LogP contribution in [0.5, 0.6) is 0 Å². The van der Waals surface area contributed by atoms with Crippen LogP contribution in [0.2, 0.25) is 0 Å². The molecule has 2 heterocycles. The summed E-state index contributed by atoms with van der Waals surface area (Å²) in [5.41, 5.74) is 0.824. The molecule has 0 spiro atoms. The Morgan fingerprint density at radius 3 is 2.82 bits per heavy atom. The third-order valence-corrected chi connectivity index (χ3v) is 3.93. The molecular weight excluding hydrogens is 354 g/mol. The zero-order valence-electron chi connectivity index (χ0n) is 12.2. The summed E-state index contributed by atoms with van der Waals surface area (Å²) in [4.78, 5) is 23.3. The van der Waals surface area contributed by atoms with Gasteiger partial charge in [0, 0.05) is 12.7 Å². The van der Waals surface area contributed by atoms with Gasteiger partial charge in [0.2, 0.25) is 5.91 Å². The number of nitrogens with zero attached hydrogens (tertiary/aromatic N) is 4. The van der Waals surface area contributed by atoms with Gasteiger partial charge in [0.05, 0.1) is 22.9 Å². The predicted octanol–water partition coefficient (Wildman–Crippen LogP) is 1.44. The minimum absolute atomic E-state index is 0.0255. The zero-order valence-corrected chi connectivity index (χ0v) is 13.7. The molecule has 0 aliphatic carbocycles. The Labute approximate surface area is 135 Å². The van der Waals surface area contributed by atoms with E-state index in [2.05, 4.69) is 31.4 Å². The van der Waals surface area contributed by atoms with Crippen LogP contribution in [0.15, 0.2) is 22.9 Å². The summed E-state index contributed by atoms with van der Waals surface area (Å²) in [7, 11) is 0. The average molecular weight is 370 g/mol. The van der Waals surface area contributed by atoms with E-state index in [1.807, 2.05) is 6.92 Å². The van der Waals surface area contributed by atoms with Gasteiger partial charge in [-0.15, -0.1) is 0 Å². The number of amides is 1. The summed E-state index contributed by atoms with van der Waals surface area (Å²) in [6.45, 7) is 4.53. The fraction of sp³-hybridized carbons (Fsp3) is 0.385. The van der Waals surface area contributed by atoms with E-state index >= 15 is 0 Å². The predicted molar refractivity (Wildman–Crippen MR) is 81.3 cm³/mol. The maximum absolute atomic E-state index is 12.2. The Hall–Kier alpha value is -2.16. The van der Waals surface area contributed by atoms with E-state index in [9.17, 15) is 9.59 Å². The first-order chi connectivity index (χ1) is 10.5. The van der Waals surface area contributed by atoms with Gasteiger partial charge in [-0.2, -0.15) is 10.2 Å². The van der Waals surface area contributed by atoms with Crippen LogP contribution in [0, 0.1) is 0 Å². The van der Waals surface area contributed by atoms with E-state index in [1.165, 1.54) is 16.9 Å². The van der Waals surface area contributed by atoms with E-state index in [1.54, 1.807) is 17.8 Å². The maximum Gasteiger partial charge on any atom is 0.354 e. The first kappa shape index (κ1) is 16.2. The molecule has 0 aliphatic rings. The fourth-order valence-electron chi connectivity index (χ4n) is 2.06. The second-order valence-electron chi connectivity index (χ2n) is 4.61. The average Bonchev–Trinajstić information content (AvgIpc) is 3.10. The van der Waals surface area contributed by atoms with E-state index in [4.69, 9.17) is 5.11 Å². The Kier molecular flexibility index (Phi) is 4.96. The molecule has 0 bridgehead atoms. The summed E-state index contributed by atoms with van der Waals surface area (Å²) in [5.74, 6) is -1.44.